The minimum atomic E-state index is 0.0939. The minimum absolute atomic E-state index is 0.0939. The largest absolute Gasteiger partial charge is 0.496 e. The quantitative estimate of drug-likeness (QED) is 0.625. The zero-order chi connectivity index (χ0) is 14.3. The van der Waals surface area contributed by atoms with Crippen LogP contribution in [0.15, 0.2) is 6.07 Å². The van der Waals surface area contributed by atoms with Gasteiger partial charge in [-0.3, -0.25) is 0 Å². The first-order valence-electron chi connectivity index (χ1n) is 6.38. The summed E-state index contributed by atoms with van der Waals surface area (Å²) >= 11 is 2.43. The molecule has 2 heteroatoms. The molecular formula is C16H25IO. The molecule has 1 nitrogen and oxygen atoms in total. The van der Waals surface area contributed by atoms with Crippen molar-refractivity contribution in [2.75, 3.05) is 7.11 Å². The molecule has 0 spiro atoms. The summed E-state index contributed by atoms with van der Waals surface area (Å²) in [7, 11) is 1.78. The summed E-state index contributed by atoms with van der Waals surface area (Å²) in [6.07, 6.45) is 0. The molecule has 0 radical (unpaired) electrons. The predicted molar refractivity (Wildman–Crippen MR) is 87.8 cm³/mol. The van der Waals surface area contributed by atoms with Gasteiger partial charge in [0, 0.05) is 14.7 Å². The maximum Gasteiger partial charge on any atom is 0.126 e. The van der Waals surface area contributed by atoms with Crippen molar-refractivity contribution in [2.45, 2.75) is 59.3 Å². The van der Waals surface area contributed by atoms with Gasteiger partial charge in [-0.15, -0.1) is 0 Å². The number of benzene rings is 1. The average molecular weight is 360 g/mol. The van der Waals surface area contributed by atoms with Crippen LogP contribution in [0.2, 0.25) is 0 Å². The summed E-state index contributed by atoms with van der Waals surface area (Å²) in [4.78, 5) is 0. The van der Waals surface area contributed by atoms with Crippen LogP contribution >= 0.6 is 22.6 Å². The lowest BCUT2D eigenvalue weighted by molar-refractivity contribution is 0.380. The van der Waals surface area contributed by atoms with Crippen LogP contribution in [0.5, 0.6) is 5.75 Å². The summed E-state index contributed by atoms with van der Waals surface area (Å²) in [5.74, 6) is 1.06. The van der Waals surface area contributed by atoms with Gasteiger partial charge in [0.2, 0.25) is 0 Å². The summed E-state index contributed by atoms with van der Waals surface area (Å²) in [6.45, 7) is 15.7. The average Bonchev–Trinajstić information content (AvgIpc) is 2.17. The molecule has 0 atom stereocenters. The van der Waals surface area contributed by atoms with E-state index in [1.807, 2.05) is 0 Å². The van der Waals surface area contributed by atoms with Crippen molar-refractivity contribution in [3.63, 3.8) is 0 Å². The molecule has 0 aliphatic rings. The molecule has 1 aromatic carbocycles. The van der Waals surface area contributed by atoms with Crippen molar-refractivity contribution < 1.29 is 4.74 Å². The fourth-order valence-corrected chi connectivity index (χ4v) is 2.98. The van der Waals surface area contributed by atoms with E-state index in [1.54, 1.807) is 7.11 Å². The van der Waals surface area contributed by atoms with Crippen molar-refractivity contribution in [3.05, 3.63) is 26.3 Å². The molecule has 0 amide bonds. The second kappa shape index (κ2) is 5.03. The van der Waals surface area contributed by atoms with Gasteiger partial charge in [-0.25, -0.2) is 0 Å². The second-order valence-electron chi connectivity index (χ2n) is 6.94. The summed E-state index contributed by atoms with van der Waals surface area (Å²) in [5, 5.41) is 0. The molecular weight excluding hydrogens is 335 g/mol. The van der Waals surface area contributed by atoms with E-state index in [0.717, 1.165) is 5.75 Å². The zero-order valence-corrected chi connectivity index (χ0v) is 15.0. The molecule has 1 aromatic rings. The fraction of sp³-hybridized carbons (Fsp3) is 0.625. The Hall–Kier alpha value is -0.250. The molecule has 0 N–H and O–H groups in total. The van der Waals surface area contributed by atoms with Crippen molar-refractivity contribution in [1.29, 1.82) is 0 Å². The second-order valence-corrected chi connectivity index (χ2v) is 8.10. The highest BCUT2D eigenvalue weighted by Crippen LogP contribution is 2.43. The van der Waals surface area contributed by atoms with E-state index in [-0.39, 0.29) is 10.8 Å². The first-order valence-corrected chi connectivity index (χ1v) is 7.46. The highest BCUT2D eigenvalue weighted by molar-refractivity contribution is 14.1. The standard InChI is InChI=1S/C16H25IO/c1-10-12(17)9-11(15(2,3)4)14(18-8)13(10)16(5,6)7/h9H,1-8H3. The lowest BCUT2D eigenvalue weighted by atomic mass is 9.77. The smallest absolute Gasteiger partial charge is 0.126 e. The van der Waals surface area contributed by atoms with Crippen LogP contribution in [0.25, 0.3) is 0 Å². The monoisotopic (exact) mass is 360 g/mol. The molecule has 0 aliphatic carbocycles. The van der Waals surface area contributed by atoms with E-state index in [0.29, 0.717) is 0 Å². The molecule has 102 valence electrons. The fourth-order valence-electron chi connectivity index (χ4n) is 2.40. The lowest BCUT2D eigenvalue weighted by Crippen LogP contribution is -2.21. The van der Waals surface area contributed by atoms with Gasteiger partial charge in [-0.05, 0) is 52.0 Å². The van der Waals surface area contributed by atoms with Crippen LogP contribution in [0.1, 0.15) is 58.2 Å². The van der Waals surface area contributed by atoms with Crippen LogP contribution in [0.3, 0.4) is 0 Å². The van der Waals surface area contributed by atoms with Crippen LogP contribution in [-0.4, -0.2) is 7.11 Å². The minimum Gasteiger partial charge on any atom is -0.496 e. The predicted octanol–water partition coefficient (Wildman–Crippen LogP) is 5.20. The van der Waals surface area contributed by atoms with Gasteiger partial charge in [0.1, 0.15) is 5.75 Å². The molecule has 0 aromatic heterocycles. The summed E-state index contributed by atoms with van der Waals surface area (Å²) < 4.78 is 7.08. The van der Waals surface area contributed by atoms with E-state index < -0.39 is 0 Å². The number of ether oxygens (including phenoxy) is 1. The Morgan fingerprint density at radius 3 is 1.83 bits per heavy atom. The SMILES string of the molecule is COc1c(C(C)(C)C)cc(I)c(C)c1C(C)(C)C. The Morgan fingerprint density at radius 1 is 1.00 bits per heavy atom. The molecule has 0 aliphatic heterocycles. The molecule has 0 fully saturated rings. The first-order chi connectivity index (χ1) is 8.00. The Morgan fingerprint density at radius 2 is 1.50 bits per heavy atom. The van der Waals surface area contributed by atoms with E-state index in [9.17, 15) is 0 Å². The number of methoxy groups -OCH3 is 1. The van der Waals surface area contributed by atoms with E-state index >= 15 is 0 Å². The number of hydrogen-bond donors (Lipinski definition) is 0. The van der Waals surface area contributed by atoms with Crippen molar-refractivity contribution in [1.82, 2.24) is 0 Å². The van der Waals surface area contributed by atoms with Gasteiger partial charge in [0.15, 0.2) is 0 Å². The molecule has 0 saturated heterocycles. The third-order valence-electron chi connectivity index (χ3n) is 3.24. The van der Waals surface area contributed by atoms with E-state index in [1.165, 1.54) is 20.3 Å². The van der Waals surface area contributed by atoms with Gasteiger partial charge in [0.05, 0.1) is 7.11 Å². The number of halogens is 1. The van der Waals surface area contributed by atoms with Crippen molar-refractivity contribution >= 4 is 22.6 Å². The number of hydrogen-bond acceptors (Lipinski definition) is 1. The highest BCUT2D eigenvalue weighted by Gasteiger charge is 2.29. The molecule has 18 heavy (non-hydrogen) atoms. The van der Waals surface area contributed by atoms with Gasteiger partial charge < -0.3 is 4.74 Å². The van der Waals surface area contributed by atoms with Crippen LogP contribution in [-0.2, 0) is 10.8 Å². The van der Waals surface area contributed by atoms with Crippen molar-refractivity contribution in [2.24, 2.45) is 0 Å². The topological polar surface area (TPSA) is 9.23 Å². The van der Waals surface area contributed by atoms with Gasteiger partial charge in [0.25, 0.3) is 0 Å². The molecule has 0 heterocycles. The third kappa shape index (κ3) is 3.01. The maximum atomic E-state index is 5.76. The highest BCUT2D eigenvalue weighted by atomic mass is 127. The molecule has 0 bridgehead atoms. The van der Waals surface area contributed by atoms with Gasteiger partial charge >= 0.3 is 0 Å². The Bertz CT molecular complexity index is 448. The van der Waals surface area contributed by atoms with Crippen LogP contribution < -0.4 is 4.74 Å². The Kier molecular flexibility index (Phi) is 4.41. The number of rotatable bonds is 1. The molecule has 0 saturated carbocycles. The van der Waals surface area contributed by atoms with E-state index in [4.69, 9.17) is 4.74 Å². The zero-order valence-electron chi connectivity index (χ0n) is 12.9. The molecule has 0 unspecified atom stereocenters. The van der Waals surface area contributed by atoms with Crippen molar-refractivity contribution in [3.8, 4) is 5.75 Å². The maximum absolute atomic E-state index is 5.76. The summed E-state index contributed by atoms with van der Waals surface area (Å²) in [5.41, 5.74) is 4.16. The van der Waals surface area contributed by atoms with Gasteiger partial charge in [-0.1, -0.05) is 41.5 Å². The Balaban J connectivity index is 3.74. The normalized spacial score (nSPS) is 12.7. The van der Waals surface area contributed by atoms with Gasteiger partial charge in [-0.2, -0.15) is 0 Å². The van der Waals surface area contributed by atoms with Crippen LogP contribution in [0, 0.1) is 10.5 Å². The first kappa shape index (κ1) is 15.8. The van der Waals surface area contributed by atoms with E-state index in [2.05, 4.69) is 77.1 Å². The van der Waals surface area contributed by atoms with Crippen LogP contribution in [0.4, 0.5) is 0 Å². The molecule has 1 rings (SSSR count). The lowest BCUT2D eigenvalue weighted by Gasteiger charge is -2.31. The third-order valence-corrected chi connectivity index (χ3v) is 4.36. The Labute approximate surface area is 125 Å². The summed E-state index contributed by atoms with van der Waals surface area (Å²) in [6, 6.07) is 2.27.